The SMILES string of the molecule is Cc1[nH]c2c(F)cccc2c1N1CCNCC1. The molecule has 3 nitrogen and oxygen atoms in total. The maximum atomic E-state index is 13.7. The molecule has 4 heteroatoms. The molecule has 1 saturated heterocycles. The van der Waals surface area contributed by atoms with Crippen molar-refractivity contribution in [2.75, 3.05) is 31.1 Å². The van der Waals surface area contributed by atoms with Gasteiger partial charge in [-0.2, -0.15) is 0 Å². The van der Waals surface area contributed by atoms with Crippen LogP contribution in [0.1, 0.15) is 5.69 Å². The smallest absolute Gasteiger partial charge is 0.147 e. The Bertz CT molecular complexity index is 541. The zero-order chi connectivity index (χ0) is 11.8. The zero-order valence-corrected chi connectivity index (χ0v) is 9.89. The number of nitrogens with zero attached hydrogens (tertiary/aromatic N) is 1. The lowest BCUT2D eigenvalue weighted by Crippen LogP contribution is -2.43. The minimum Gasteiger partial charge on any atom is -0.367 e. The molecule has 0 saturated carbocycles. The molecule has 1 fully saturated rings. The highest BCUT2D eigenvalue weighted by Gasteiger charge is 2.18. The van der Waals surface area contributed by atoms with Crippen molar-refractivity contribution in [3.05, 3.63) is 29.7 Å². The van der Waals surface area contributed by atoms with Crippen molar-refractivity contribution < 1.29 is 4.39 Å². The first-order chi connectivity index (χ1) is 8.27. The number of benzene rings is 1. The van der Waals surface area contributed by atoms with Crippen LogP contribution in [0.25, 0.3) is 10.9 Å². The molecule has 17 heavy (non-hydrogen) atoms. The molecule has 0 spiro atoms. The number of anilines is 1. The highest BCUT2D eigenvalue weighted by Crippen LogP contribution is 2.32. The molecule has 0 unspecified atom stereocenters. The Morgan fingerprint density at radius 2 is 2.00 bits per heavy atom. The van der Waals surface area contributed by atoms with Gasteiger partial charge in [0.15, 0.2) is 0 Å². The Morgan fingerprint density at radius 1 is 1.24 bits per heavy atom. The largest absolute Gasteiger partial charge is 0.367 e. The Balaban J connectivity index is 2.14. The number of H-pyrrole nitrogens is 1. The van der Waals surface area contributed by atoms with E-state index in [1.54, 1.807) is 6.07 Å². The molecule has 1 aromatic heterocycles. The van der Waals surface area contributed by atoms with Crippen LogP contribution in [0.5, 0.6) is 0 Å². The highest BCUT2D eigenvalue weighted by molar-refractivity contribution is 5.95. The van der Waals surface area contributed by atoms with Crippen molar-refractivity contribution in [1.82, 2.24) is 10.3 Å². The van der Waals surface area contributed by atoms with E-state index in [0.717, 1.165) is 42.9 Å². The Kier molecular flexibility index (Phi) is 2.52. The van der Waals surface area contributed by atoms with Crippen LogP contribution >= 0.6 is 0 Å². The third-order valence-electron chi connectivity index (χ3n) is 3.37. The molecule has 0 radical (unpaired) electrons. The minimum atomic E-state index is -0.174. The molecule has 2 heterocycles. The van der Waals surface area contributed by atoms with Crippen LogP contribution in [0.15, 0.2) is 18.2 Å². The van der Waals surface area contributed by atoms with Gasteiger partial charge in [0, 0.05) is 37.3 Å². The van der Waals surface area contributed by atoms with Gasteiger partial charge in [-0.1, -0.05) is 12.1 Å². The van der Waals surface area contributed by atoms with Gasteiger partial charge in [0.2, 0.25) is 0 Å². The van der Waals surface area contributed by atoms with Gasteiger partial charge < -0.3 is 15.2 Å². The Morgan fingerprint density at radius 3 is 2.76 bits per heavy atom. The summed E-state index contributed by atoms with van der Waals surface area (Å²) in [6, 6.07) is 5.26. The van der Waals surface area contributed by atoms with E-state index in [2.05, 4.69) is 15.2 Å². The molecular formula is C13H16FN3. The summed E-state index contributed by atoms with van der Waals surface area (Å²) in [4.78, 5) is 5.48. The molecule has 90 valence electrons. The van der Waals surface area contributed by atoms with Crippen LogP contribution in [0.3, 0.4) is 0 Å². The first-order valence-electron chi connectivity index (χ1n) is 6.00. The third kappa shape index (κ3) is 1.69. The molecule has 1 aliphatic rings. The molecule has 1 aromatic carbocycles. The van der Waals surface area contributed by atoms with Gasteiger partial charge >= 0.3 is 0 Å². The summed E-state index contributed by atoms with van der Waals surface area (Å²) in [7, 11) is 0. The summed E-state index contributed by atoms with van der Waals surface area (Å²) >= 11 is 0. The van der Waals surface area contributed by atoms with E-state index in [-0.39, 0.29) is 5.82 Å². The number of piperazine rings is 1. The van der Waals surface area contributed by atoms with Crippen molar-refractivity contribution >= 4 is 16.6 Å². The predicted molar refractivity (Wildman–Crippen MR) is 68.1 cm³/mol. The number of nitrogens with one attached hydrogen (secondary N) is 2. The van der Waals surface area contributed by atoms with Gasteiger partial charge in [-0.05, 0) is 13.0 Å². The summed E-state index contributed by atoms with van der Waals surface area (Å²) in [5.41, 5.74) is 2.83. The van der Waals surface area contributed by atoms with Gasteiger partial charge in [0.05, 0.1) is 11.2 Å². The molecule has 2 N–H and O–H groups in total. The number of aromatic amines is 1. The maximum Gasteiger partial charge on any atom is 0.147 e. The number of halogens is 1. The van der Waals surface area contributed by atoms with Gasteiger partial charge in [-0.25, -0.2) is 4.39 Å². The van der Waals surface area contributed by atoms with Gasteiger partial charge in [0.1, 0.15) is 5.82 Å². The van der Waals surface area contributed by atoms with E-state index >= 15 is 0 Å². The number of fused-ring (bicyclic) bond motifs is 1. The van der Waals surface area contributed by atoms with Crippen LogP contribution in [0.4, 0.5) is 10.1 Å². The second-order valence-electron chi connectivity index (χ2n) is 4.50. The van der Waals surface area contributed by atoms with Crippen molar-refractivity contribution in [2.24, 2.45) is 0 Å². The number of hydrogen-bond acceptors (Lipinski definition) is 2. The fraction of sp³-hybridized carbons (Fsp3) is 0.385. The van der Waals surface area contributed by atoms with E-state index in [0.29, 0.717) is 5.52 Å². The number of aryl methyl sites for hydroxylation is 1. The lowest BCUT2D eigenvalue weighted by Gasteiger charge is -2.29. The van der Waals surface area contributed by atoms with Gasteiger partial charge in [-0.15, -0.1) is 0 Å². The van der Waals surface area contributed by atoms with Crippen LogP contribution in [-0.2, 0) is 0 Å². The van der Waals surface area contributed by atoms with Crippen molar-refractivity contribution in [3.63, 3.8) is 0 Å². The normalized spacial score (nSPS) is 16.7. The lowest BCUT2D eigenvalue weighted by molar-refractivity contribution is 0.589. The molecule has 0 bridgehead atoms. The van der Waals surface area contributed by atoms with Crippen LogP contribution < -0.4 is 10.2 Å². The molecule has 3 rings (SSSR count). The standard InChI is InChI=1S/C13H16FN3/c1-9-13(17-7-5-15-6-8-17)10-3-2-4-11(14)12(10)16-9/h2-4,15-16H,5-8H2,1H3. The fourth-order valence-electron chi connectivity index (χ4n) is 2.59. The number of rotatable bonds is 1. The molecular weight excluding hydrogens is 217 g/mol. The van der Waals surface area contributed by atoms with Gasteiger partial charge in [-0.3, -0.25) is 0 Å². The molecule has 0 atom stereocenters. The van der Waals surface area contributed by atoms with Crippen LogP contribution in [0.2, 0.25) is 0 Å². The van der Waals surface area contributed by atoms with Crippen molar-refractivity contribution in [1.29, 1.82) is 0 Å². The number of aromatic nitrogens is 1. The first kappa shape index (κ1) is 10.6. The third-order valence-corrected chi connectivity index (χ3v) is 3.37. The van der Waals surface area contributed by atoms with Crippen molar-refractivity contribution in [3.8, 4) is 0 Å². The Hall–Kier alpha value is -1.55. The topological polar surface area (TPSA) is 31.1 Å². The van der Waals surface area contributed by atoms with E-state index in [1.165, 1.54) is 6.07 Å². The highest BCUT2D eigenvalue weighted by atomic mass is 19.1. The summed E-state index contributed by atoms with van der Waals surface area (Å²) < 4.78 is 13.7. The number of hydrogen-bond donors (Lipinski definition) is 2. The lowest BCUT2D eigenvalue weighted by atomic mass is 10.2. The molecule has 1 aliphatic heterocycles. The summed E-state index contributed by atoms with van der Waals surface area (Å²) in [5, 5.41) is 4.32. The van der Waals surface area contributed by atoms with E-state index < -0.39 is 0 Å². The van der Waals surface area contributed by atoms with Crippen LogP contribution in [-0.4, -0.2) is 31.2 Å². The Labute approximate surface area is 99.6 Å². The molecule has 2 aromatic rings. The maximum absolute atomic E-state index is 13.7. The molecule has 0 amide bonds. The average Bonchev–Trinajstić information content (AvgIpc) is 2.68. The second kappa shape index (κ2) is 4.04. The van der Waals surface area contributed by atoms with E-state index in [9.17, 15) is 4.39 Å². The summed E-state index contributed by atoms with van der Waals surface area (Å²) in [5.74, 6) is -0.174. The predicted octanol–water partition coefficient (Wildman–Crippen LogP) is 2.03. The average molecular weight is 233 g/mol. The minimum absolute atomic E-state index is 0.174. The fourth-order valence-corrected chi connectivity index (χ4v) is 2.59. The second-order valence-corrected chi connectivity index (χ2v) is 4.50. The van der Waals surface area contributed by atoms with Crippen molar-refractivity contribution in [2.45, 2.75) is 6.92 Å². The number of para-hydroxylation sites is 1. The quantitative estimate of drug-likeness (QED) is 0.789. The summed E-state index contributed by atoms with van der Waals surface area (Å²) in [6.45, 7) is 5.94. The first-order valence-corrected chi connectivity index (χ1v) is 6.00. The zero-order valence-electron chi connectivity index (χ0n) is 9.89. The van der Waals surface area contributed by atoms with Gasteiger partial charge in [0.25, 0.3) is 0 Å². The van der Waals surface area contributed by atoms with E-state index in [1.807, 2.05) is 13.0 Å². The summed E-state index contributed by atoms with van der Waals surface area (Å²) in [6.07, 6.45) is 0. The monoisotopic (exact) mass is 233 g/mol. The van der Waals surface area contributed by atoms with E-state index in [4.69, 9.17) is 0 Å². The molecule has 0 aliphatic carbocycles. The van der Waals surface area contributed by atoms with Crippen LogP contribution in [0, 0.1) is 12.7 Å².